The Bertz CT molecular complexity index is 430. The Morgan fingerprint density at radius 2 is 1.90 bits per heavy atom. The number of halogens is 4. The van der Waals surface area contributed by atoms with Crippen molar-refractivity contribution in [2.75, 3.05) is 19.6 Å². The number of nitrogens with zero attached hydrogens (tertiary/aromatic N) is 1. The van der Waals surface area contributed by atoms with Gasteiger partial charge in [-0.15, -0.1) is 0 Å². The Morgan fingerprint density at radius 1 is 1.25 bits per heavy atom. The quantitative estimate of drug-likeness (QED) is 0.864. The summed E-state index contributed by atoms with van der Waals surface area (Å²) >= 11 is 0. The highest BCUT2D eigenvalue weighted by molar-refractivity contribution is 5.17. The van der Waals surface area contributed by atoms with E-state index in [4.69, 9.17) is 5.73 Å². The molecule has 6 heteroatoms. The summed E-state index contributed by atoms with van der Waals surface area (Å²) in [5.74, 6) is -1.58. The number of alkyl halides is 3. The molecule has 1 aliphatic rings. The molecule has 0 amide bonds. The predicted molar refractivity (Wildman–Crippen MR) is 68.7 cm³/mol. The van der Waals surface area contributed by atoms with Gasteiger partial charge < -0.3 is 5.73 Å². The predicted octanol–water partition coefficient (Wildman–Crippen LogP) is 2.58. The van der Waals surface area contributed by atoms with Crippen LogP contribution in [-0.4, -0.2) is 36.8 Å². The molecular formula is C14H18F4N2. The fourth-order valence-electron chi connectivity index (χ4n) is 2.64. The molecule has 0 aromatic heterocycles. The number of rotatable bonds is 4. The van der Waals surface area contributed by atoms with Crippen LogP contribution in [0, 0.1) is 11.7 Å². The van der Waals surface area contributed by atoms with Crippen molar-refractivity contribution >= 4 is 0 Å². The molecule has 1 aromatic rings. The highest BCUT2D eigenvalue weighted by Gasteiger charge is 2.44. The number of benzene rings is 1. The summed E-state index contributed by atoms with van der Waals surface area (Å²) in [6.07, 6.45) is -3.46. The average molecular weight is 290 g/mol. The zero-order valence-corrected chi connectivity index (χ0v) is 11.0. The SMILES string of the molecule is NC[C@H](Cc1ccc(F)cc1)N1CC[C@@H](C(F)(F)F)C1. The van der Waals surface area contributed by atoms with Crippen LogP contribution < -0.4 is 5.73 Å². The molecule has 20 heavy (non-hydrogen) atoms. The van der Waals surface area contributed by atoms with E-state index in [2.05, 4.69) is 0 Å². The summed E-state index contributed by atoms with van der Waals surface area (Å²) in [7, 11) is 0. The van der Waals surface area contributed by atoms with Crippen molar-refractivity contribution < 1.29 is 17.6 Å². The zero-order valence-electron chi connectivity index (χ0n) is 11.0. The fourth-order valence-corrected chi connectivity index (χ4v) is 2.64. The lowest BCUT2D eigenvalue weighted by atomic mass is 10.0. The summed E-state index contributed by atoms with van der Waals surface area (Å²) in [6, 6.07) is 5.87. The van der Waals surface area contributed by atoms with Gasteiger partial charge in [-0.25, -0.2) is 4.39 Å². The molecule has 2 rings (SSSR count). The maximum atomic E-state index is 12.8. The molecule has 0 bridgehead atoms. The highest BCUT2D eigenvalue weighted by Crippen LogP contribution is 2.34. The first-order valence-corrected chi connectivity index (χ1v) is 6.65. The van der Waals surface area contributed by atoms with E-state index in [0.29, 0.717) is 19.5 Å². The van der Waals surface area contributed by atoms with E-state index in [0.717, 1.165) is 5.56 Å². The van der Waals surface area contributed by atoms with Gasteiger partial charge in [0.25, 0.3) is 0 Å². The van der Waals surface area contributed by atoms with Crippen LogP contribution in [-0.2, 0) is 6.42 Å². The summed E-state index contributed by atoms with van der Waals surface area (Å²) in [5, 5.41) is 0. The minimum absolute atomic E-state index is 0.00651. The summed E-state index contributed by atoms with van der Waals surface area (Å²) < 4.78 is 50.8. The average Bonchev–Trinajstić information content (AvgIpc) is 2.87. The molecule has 2 atom stereocenters. The van der Waals surface area contributed by atoms with Crippen LogP contribution in [0.25, 0.3) is 0 Å². The molecule has 1 saturated heterocycles. The largest absolute Gasteiger partial charge is 0.393 e. The standard InChI is InChI=1S/C14H18F4N2/c15-12-3-1-10(2-4-12)7-13(8-19)20-6-5-11(9-20)14(16,17)18/h1-4,11,13H,5-9,19H2/t11-,13+/m1/s1. The van der Waals surface area contributed by atoms with E-state index >= 15 is 0 Å². The summed E-state index contributed by atoms with van der Waals surface area (Å²) in [6.45, 7) is 0.710. The van der Waals surface area contributed by atoms with Gasteiger partial charge >= 0.3 is 6.18 Å². The van der Waals surface area contributed by atoms with E-state index < -0.39 is 12.1 Å². The normalized spacial score (nSPS) is 22.1. The van der Waals surface area contributed by atoms with Crippen molar-refractivity contribution in [3.63, 3.8) is 0 Å². The smallest absolute Gasteiger partial charge is 0.329 e. The molecule has 1 aliphatic heterocycles. The van der Waals surface area contributed by atoms with E-state index in [1.165, 1.54) is 12.1 Å². The first-order chi connectivity index (χ1) is 9.40. The fraction of sp³-hybridized carbons (Fsp3) is 0.571. The van der Waals surface area contributed by atoms with Crippen LogP contribution in [0.3, 0.4) is 0 Å². The molecule has 112 valence electrons. The van der Waals surface area contributed by atoms with Gasteiger partial charge in [-0.1, -0.05) is 12.1 Å². The number of nitrogens with two attached hydrogens (primary N) is 1. The first kappa shape index (κ1) is 15.3. The first-order valence-electron chi connectivity index (χ1n) is 6.65. The number of hydrogen-bond donors (Lipinski definition) is 1. The van der Waals surface area contributed by atoms with Crippen molar-refractivity contribution in [2.24, 2.45) is 11.7 Å². The van der Waals surface area contributed by atoms with E-state index in [9.17, 15) is 17.6 Å². The maximum absolute atomic E-state index is 12.8. The Kier molecular flexibility index (Phi) is 4.65. The highest BCUT2D eigenvalue weighted by atomic mass is 19.4. The van der Waals surface area contributed by atoms with Crippen molar-refractivity contribution in [1.82, 2.24) is 4.90 Å². The van der Waals surface area contributed by atoms with E-state index in [1.807, 2.05) is 0 Å². The molecule has 2 N–H and O–H groups in total. The molecule has 2 nitrogen and oxygen atoms in total. The second kappa shape index (κ2) is 6.10. The number of hydrogen-bond acceptors (Lipinski definition) is 2. The molecule has 1 aromatic carbocycles. The third-order valence-corrected chi connectivity index (χ3v) is 3.86. The van der Waals surface area contributed by atoms with Crippen LogP contribution in [0.4, 0.5) is 17.6 Å². The topological polar surface area (TPSA) is 29.3 Å². The Balaban J connectivity index is 1.97. The lowest BCUT2D eigenvalue weighted by Crippen LogP contribution is -2.41. The molecule has 1 fully saturated rings. The van der Waals surface area contributed by atoms with Crippen LogP contribution in [0.1, 0.15) is 12.0 Å². The van der Waals surface area contributed by atoms with Crippen molar-refractivity contribution in [2.45, 2.75) is 25.1 Å². The molecule has 0 spiro atoms. The molecule has 1 heterocycles. The molecule has 0 saturated carbocycles. The zero-order chi connectivity index (χ0) is 14.8. The molecular weight excluding hydrogens is 272 g/mol. The third-order valence-electron chi connectivity index (χ3n) is 3.86. The minimum atomic E-state index is -4.14. The van der Waals surface area contributed by atoms with E-state index in [-0.39, 0.29) is 24.8 Å². The lowest BCUT2D eigenvalue weighted by Gasteiger charge is -2.27. The number of likely N-dealkylation sites (tertiary alicyclic amines) is 1. The Labute approximate surface area is 115 Å². The van der Waals surface area contributed by atoms with Gasteiger partial charge in [-0.05, 0) is 37.1 Å². The molecule has 0 aliphatic carbocycles. The third kappa shape index (κ3) is 3.70. The van der Waals surface area contributed by atoms with Gasteiger partial charge in [0.05, 0.1) is 5.92 Å². The van der Waals surface area contributed by atoms with Crippen molar-refractivity contribution in [3.8, 4) is 0 Å². The van der Waals surface area contributed by atoms with Crippen molar-refractivity contribution in [1.29, 1.82) is 0 Å². The van der Waals surface area contributed by atoms with Crippen molar-refractivity contribution in [3.05, 3.63) is 35.6 Å². The minimum Gasteiger partial charge on any atom is -0.329 e. The van der Waals surface area contributed by atoms with E-state index in [1.54, 1.807) is 17.0 Å². The van der Waals surface area contributed by atoms with Gasteiger partial charge in [-0.3, -0.25) is 4.90 Å². The monoisotopic (exact) mass is 290 g/mol. The van der Waals surface area contributed by atoms with Crippen LogP contribution in [0.15, 0.2) is 24.3 Å². The molecule has 0 radical (unpaired) electrons. The summed E-state index contributed by atoms with van der Waals surface area (Å²) in [5.41, 5.74) is 6.57. The van der Waals surface area contributed by atoms with Gasteiger partial charge in [0.1, 0.15) is 5.82 Å². The summed E-state index contributed by atoms with van der Waals surface area (Å²) in [4.78, 5) is 1.79. The second-order valence-corrected chi connectivity index (χ2v) is 5.24. The molecule has 0 unspecified atom stereocenters. The van der Waals surface area contributed by atoms with Gasteiger partial charge in [0.15, 0.2) is 0 Å². The second-order valence-electron chi connectivity index (χ2n) is 5.24. The van der Waals surface area contributed by atoms with Crippen LogP contribution in [0.2, 0.25) is 0 Å². The lowest BCUT2D eigenvalue weighted by molar-refractivity contribution is -0.170. The Hall–Kier alpha value is -1.14. The maximum Gasteiger partial charge on any atom is 0.393 e. The van der Waals surface area contributed by atoms with Gasteiger partial charge in [-0.2, -0.15) is 13.2 Å². The van der Waals surface area contributed by atoms with Crippen LogP contribution in [0.5, 0.6) is 0 Å². The Morgan fingerprint density at radius 3 is 2.40 bits per heavy atom. The van der Waals surface area contributed by atoms with Gasteiger partial charge in [0, 0.05) is 19.1 Å². The van der Waals surface area contributed by atoms with Crippen LogP contribution >= 0.6 is 0 Å². The van der Waals surface area contributed by atoms with Gasteiger partial charge in [0.2, 0.25) is 0 Å².